The van der Waals surface area contributed by atoms with Gasteiger partial charge in [0, 0.05) is 18.1 Å². The van der Waals surface area contributed by atoms with E-state index in [1.54, 1.807) is 0 Å². The molecule has 2 atom stereocenters. The van der Waals surface area contributed by atoms with Crippen LogP contribution in [0.1, 0.15) is 27.5 Å². The van der Waals surface area contributed by atoms with Crippen LogP contribution >= 0.6 is 0 Å². The summed E-state index contributed by atoms with van der Waals surface area (Å²) in [7, 11) is 0. The predicted molar refractivity (Wildman–Crippen MR) is 72.7 cm³/mol. The largest absolute Gasteiger partial charge is 0.390 e. The topological polar surface area (TPSA) is 49.3 Å². The molecule has 1 aliphatic rings. The summed E-state index contributed by atoms with van der Waals surface area (Å²) in [4.78, 5) is 12.1. The van der Waals surface area contributed by atoms with Crippen molar-refractivity contribution in [3.63, 3.8) is 0 Å². The Kier molecular flexibility index (Phi) is 3.43. The first-order valence-corrected chi connectivity index (χ1v) is 6.57. The van der Waals surface area contributed by atoms with E-state index in [0.29, 0.717) is 12.5 Å². The number of hydrogen-bond acceptors (Lipinski definition) is 2. The minimum atomic E-state index is -0.812. The van der Waals surface area contributed by atoms with Gasteiger partial charge < -0.3 is 10.4 Å². The maximum absolute atomic E-state index is 13.1. The maximum Gasteiger partial charge on any atom is 0.252 e. The Hall–Kier alpha value is -2.27. The molecule has 2 N–H and O–H groups in total. The van der Waals surface area contributed by atoms with Gasteiger partial charge >= 0.3 is 0 Å². The molecular formula is C16H13F2NO2. The molecule has 0 saturated heterocycles. The van der Waals surface area contributed by atoms with Crippen molar-refractivity contribution >= 4 is 5.91 Å². The summed E-state index contributed by atoms with van der Waals surface area (Å²) in [6.07, 6.45) is -0.303. The molecule has 0 heterocycles. The van der Waals surface area contributed by atoms with Crippen molar-refractivity contribution in [2.75, 3.05) is 0 Å². The Balaban J connectivity index is 1.85. The van der Waals surface area contributed by atoms with Crippen LogP contribution in [0.2, 0.25) is 0 Å². The molecule has 0 aliphatic heterocycles. The van der Waals surface area contributed by atoms with Crippen LogP contribution in [0.4, 0.5) is 8.78 Å². The van der Waals surface area contributed by atoms with Crippen molar-refractivity contribution < 1.29 is 18.7 Å². The Morgan fingerprint density at radius 1 is 1.14 bits per heavy atom. The average Bonchev–Trinajstić information content (AvgIpc) is 2.74. The molecule has 3 nitrogen and oxygen atoms in total. The molecule has 0 aromatic heterocycles. The van der Waals surface area contributed by atoms with E-state index in [1.165, 1.54) is 0 Å². The van der Waals surface area contributed by atoms with Crippen molar-refractivity contribution in [2.24, 2.45) is 0 Å². The monoisotopic (exact) mass is 289 g/mol. The molecule has 0 spiro atoms. The Morgan fingerprint density at radius 2 is 1.81 bits per heavy atom. The summed E-state index contributed by atoms with van der Waals surface area (Å²) < 4.78 is 26.3. The number of rotatable bonds is 2. The van der Waals surface area contributed by atoms with Crippen LogP contribution in [0.25, 0.3) is 0 Å². The van der Waals surface area contributed by atoms with E-state index in [0.717, 1.165) is 23.3 Å². The molecule has 3 rings (SSSR count). The minimum absolute atomic E-state index is 0.107. The van der Waals surface area contributed by atoms with Crippen molar-refractivity contribution in [3.05, 3.63) is 70.8 Å². The highest BCUT2D eigenvalue weighted by Gasteiger charge is 2.32. The van der Waals surface area contributed by atoms with Crippen LogP contribution in [0.15, 0.2) is 42.5 Å². The van der Waals surface area contributed by atoms with E-state index in [9.17, 15) is 18.7 Å². The molecule has 0 radical (unpaired) electrons. The Morgan fingerprint density at radius 3 is 2.52 bits per heavy atom. The number of carbonyl (C=O) groups is 1. The fourth-order valence-corrected chi connectivity index (χ4v) is 2.66. The SMILES string of the molecule is O=C(NC1c2ccccc2CC1O)c1cc(F)cc(F)c1. The summed E-state index contributed by atoms with van der Waals surface area (Å²) >= 11 is 0. The third-order valence-corrected chi connectivity index (χ3v) is 3.62. The third kappa shape index (κ3) is 2.64. The van der Waals surface area contributed by atoms with Gasteiger partial charge in [-0.2, -0.15) is 0 Å². The second-order valence-corrected chi connectivity index (χ2v) is 5.08. The van der Waals surface area contributed by atoms with Gasteiger partial charge in [-0.05, 0) is 23.3 Å². The molecule has 2 unspecified atom stereocenters. The quantitative estimate of drug-likeness (QED) is 0.891. The fraction of sp³-hybridized carbons (Fsp3) is 0.188. The molecule has 5 heteroatoms. The van der Waals surface area contributed by atoms with Crippen LogP contribution in [-0.2, 0) is 6.42 Å². The number of amides is 1. The van der Waals surface area contributed by atoms with Crippen molar-refractivity contribution in [2.45, 2.75) is 18.6 Å². The molecule has 1 amide bonds. The Bertz CT molecular complexity index is 682. The number of nitrogens with one attached hydrogen (secondary N) is 1. The molecule has 0 saturated carbocycles. The normalized spacial score (nSPS) is 20.1. The highest BCUT2D eigenvalue weighted by atomic mass is 19.1. The van der Waals surface area contributed by atoms with E-state index in [-0.39, 0.29) is 5.56 Å². The van der Waals surface area contributed by atoms with Gasteiger partial charge in [0.15, 0.2) is 0 Å². The maximum atomic E-state index is 13.1. The van der Waals surface area contributed by atoms with Gasteiger partial charge in [0.05, 0.1) is 12.1 Å². The van der Waals surface area contributed by atoms with Crippen LogP contribution in [0.3, 0.4) is 0 Å². The van der Waals surface area contributed by atoms with Crippen molar-refractivity contribution in [1.29, 1.82) is 0 Å². The van der Waals surface area contributed by atoms with E-state index in [4.69, 9.17) is 0 Å². The molecule has 108 valence electrons. The van der Waals surface area contributed by atoms with Crippen molar-refractivity contribution in [3.8, 4) is 0 Å². The van der Waals surface area contributed by atoms with Gasteiger partial charge in [0.2, 0.25) is 0 Å². The smallest absolute Gasteiger partial charge is 0.252 e. The predicted octanol–water partition coefficient (Wildman–Crippen LogP) is 2.35. The van der Waals surface area contributed by atoms with Crippen LogP contribution in [0.5, 0.6) is 0 Å². The summed E-state index contributed by atoms with van der Waals surface area (Å²) in [6, 6.07) is 9.44. The lowest BCUT2D eigenvalue weighted by atomic mass is 10.1. The van der Waals surface area contributed by atoms with Crippen LogP contribution in [-0.4, -0.2) is 17.1 Å². The molecule has 2 aromatic carbocycles. The number of aliphatic hydroxyl groups is 1. The second kappa shape index (κ2) is 5.26. The molecular weight excluding hydrogens is 276 g/mol. The molecule has 0 fully saturated rings. The summed E-state index contributed by atoms with van der Waals surface area (Å²) in [6.45, 7) is 0. The first kappa shape index (κ1) is 13.7. The number of hydrogen-bond donors (Lipinski definition) is 2. The molecule has 0 bridgehead atoms. The zero-order chi connectivity index (χ0) is 15.0. The van der Waals surface area contributed by atoms with Crippen molar-refractivity contribution in [1.82, 2.24) is 5.32 Å². The van der Waals surface area contributed by atoms with Gasteiger partial charge in [-0.25, -0.2) is 8.78 Å². The van der Waals surface area contributed by atoms with E-state index in [1.807, 2.05) is 24.3 Å². The van der Waals surface area contributed by atoms with Gasteiger partial charge in [-0.3, -0.25) is 4.79 Å². The number of halogens is 2. The molecule has 2 aromatic rings. The summed E-state index contributed by atoms with van der Waals surface area (Å²) in [5.41, 5.74) is 1.68. The highest BCUT2D eigenvalue weighted by molar-refractivity contribution is 5.94. The Labute approximate surface area is 120 Å². The van der Waals surface area contributed by atoms with Crippen LogP contribution < -0.4 is 5.32 Å². The second-order valence-electron chi connectivity index (χ2n) is 5.08. The zero-order valence-electron chi connectivity index (χ0n) is 11.0. The number of benzene rings is 2. The van der Waals surface area contributed by atoms with E-state index < -0.39 is 29.7 Å². The summed E-state index contributed by atoms with van der Waals surface area (Å²) in [5.74, 6) is -2.24. The lowest BCUT2D eigenvalue weighted by Gasteiger charge is -2.18. The molecule has 1 aliphatic carbocycles. The summed E-state index contributed by atoms with van der Waals surface area (Å²) in [5, 5.41) is 12.7. The standard InChI is InChI=1S/C16H13F2NO2/c17-11-5-10(6-12(18)8-11)16(21)19-15-13-4-2-1-3-9(13)7-14(15)20/h1-6,8,14-15,20H,7H2,(H,19,21). The highest BCUT2D eigenvalue weighted by Crippen LogP contribution is 2.31. The number of fused-ring (bicyclic) bond motifs is 1. The minimum Gasteiger partial charge on any atom is -0.390 e. The van der Waals surface area contributed by atoms with Gasteiger partial charge in [0.25, 0.3) is 5.91 Å². The number of carbonyl (C=O) groups excluding carboxylic acids is 1. The lowest BCUT2D eigenvalue weighted by molar-refractivity contribution is 0.0857. The average molecular weight is 289 g/mol. The van der Waals surface area contributed by atoms with Gasteiger partial charge in [-0.1, -0.05) is 24.3 Å². The lowest BCUT2D eigenvalue weighted by Crippen LogP contribution is -2.34. The first-order chi connectivity index (χ1) is 10.0. The van der Waals surface area contributed by atoms with Gasteiger partial charge in [-0.15, -0.1) is 0 Å². The fourth-order valence-electron chi connectivity index (χ4n) is 2.66. The molecule has 21 heavy (non-hydrogen) atoms. The van der Waals surface area contributed by atoms with E-state index in [2.05, 4.69) is 5.32 Å². The van der Waals surface area contributed by atoms with Crippen LogP contribution in [0, 0.1) is 11.6 Å². The third-order valence-electron chi connectivity index (χ3n) is 3.62. The van der Waals surface area contributed by atoms with E-state index >= 15 is 0 Å². The number of aliphatic hydroxyl groups excluding tert-OH is 1. The zero-order valence-corrected chi connectivity index (χ0v) is 11.0. The first-order valence-electron chi connectivity index (χ1n) is 6.57. The van der Waals surface area contributed by atoms with Gasteiger partial charge in [0.1, 0.15) is 11.6 Å².